The van der Waals surface area contributed by atoms with Gasteiger partial charge in [0.05, 0.1) is 5.69 Å². The number of benzene rings is 11. The van der Waals surface area contributed by atoms with Crippen LogP contribution < -0.4 is 9.80 Å². The van der Waals surface area contributed by atoms with Crippen LogP contribution in [0.4, 0.5) is 34.4 Å². The Hall–Kier alpha value is -11.3. The third-order valence-electron chi connectivity index (χ3n) is 17.4. The molecule has 9 nitrogen and oxygen atoms in total. The molecule has 6 aromatic heterocycles. The first kappa shape index (κ1) is 72.5. The Morgan fingerprint density at radius 2 is 0.702 bits per heavy atom. The molecular formula is C92H62N8OPt3. The molecule has 0 N–H and O–H groups in total. The first-order valence-electron chi connectivity index (χ1n) is 33.3. The van der Waals surface area contributed by atoms with E-state index in [9.17, 15) is 4.79 Å². The number of aromatic nitrogens is 6. The molecular weight excluding hydrogens is 1820 g/mol. The van der Waals surface area contributed by atoms with Crippen molar-refractivity contribution in [2.75, 3.05) is 9.80 Å². The molecule has 0 spiro atoms. The maximum Gasteiger partial charge on any atom is 2.00 e. The van der Waals surface area contributed by atoms with Crippen LogP contribution >= 0.6 is 0 Å². The second kappa shape index (κ2) is 33.7. The summed E-state index contributed by atoms with van der Waals surface area (Å²) in [5.41, 5.74) is 18.8. The molecule has 0 aliphatic heterocycles. The molecule has 17 rings (SSSR count). The van der Waals surface area contributed by atoms with Crippen LogP contribution in [0.2, 0.25) is 0 Å². The predicted octanol–water partition coefficient (Wildman–Crippen LogP) is 22.2. The van der Waals surface area contributed by atoms with E-state index in [0.717, 1.165) is 95.9 Å². The van der Waals surface area contributed by atoms with Gasteiger partial charge in [0, 0.05) is 23.5 Å². The minimum Gasteiger partial charge on any atom is -0.346 e. The largest absolute Gasteiger partial charge is 2.00 e. The summed E-state index contributed by atoms with van der Waals surface area (Å²) in [7, 11) is 0. The van der Waals surface area contributed by atoms with Crippen LogP contribution in [-0.4, -0.2) is 35.7 Å². The molecule has 11 aromatic carbocycles. The maximum atomic E-state index is 12.9. The molecule has 0 amide bonds. The van der Waals surface area contributed by atoms with Gasteiger partial charge in [0.15, 0.2) is 0 Å². The summed E-state index contributed by atoms with van der Waals surface area (Å²) in [4.78, 5) is 45.6. The zero-order valence-corrected chi connectivity index (χ0v) is 63.4. The van der Waals surface area contributed by atoms with Crippen molar-refractivity contribution >= 4 is 72.5 Å². The predicted molar refractivity (Wildman–Crippen MR) is 409 cm³/mol. The molecule has 0 bridgehead atoms. The van der Waals surface area contributed by atoms with Gasteiger partial charge < -0.3 is 14.9 Å². The van der Waals surface area contributed by atoms with E-state index in [1.54, 1.807) is 12.1 Å². The Kier molecular flexibility index (Phi) is 23.5. The van der Waals surface area contributed by atoms with Crippen molar-refractivity contribution in [3.05, 3.63) is 386 Å². The zero-order valence-electron chi connectivity index (χ0n) is 56.5. The number of aryl methyl sites for hydroxylation is 3. The number of rotatable bonds is 14. The Labute approximate surface area is 649 Å². The Morgan fingerprint density at radius 1 is 0.327 bits per heavy atom. The number of nitrogens with zero attached hydrogens (tertiary/aromatic N) is 8. The normalized spacial score (nSPS) is 10.6. The molecule has 0 saturated carbocycles. The number of hydrogen-bond donors (Lipinski definition) is 0. The van der Waals surface area contributed by atoms with Crippen molar-refractivity contribution in [2.24, 2.45) is 0 Å². The van der Waals surface area contributed by atoms with Gasteiger partial charge in [-0.2, -0.15) is 0 Å². The van der Waals surface area contributed by atoms with Gasteiger partial charge in [-0.25, -0.2) is 0 Å². The van der Waals surface area contributed by atoms with E-state index in [2.05, 4.69) is 190 Å². The molecule has 6 heterocycles. The standard InChI is InChI=1S/C38H23N3.C31H25N3.C23H14N2O.3Pt/c1-3-10-26(11-4-1)32-16-8-18-35(39-32)41(36-19-9-17-33(40-36)27-12-5-2-6-13-27)34-25-23-30-21-20-28-14-7-15-29-22-24-31(34)38(30)37(28)29;1-22-18-23(2)31(24(3)19-22)34(27-12-8-10-25(20-27)29-14-4-6-16-32-29)28-13-9-11-26(21-28)30-15-5-7-17-33-30;26-23(21-15-7-13-19(24-21)17-9-3-1-4-10-17)22-16-8-14-20(25-22)18-11-5-2-6-12-18;;;/h1-10,12,14-25H;4-19H,1-3H3;1-9,11,13-16H;;;/q3*-2;3*+2. The average Bonchev–Trinajstić information content (AvgIpc) is 0.731. The van der Waals surface area contributed by atoms with Crippen molar-refractivity contribution in [1.29, 1.82) is 0 Å². The first-order chi connectivity index (χ1) is 49.7. The molecule has 0 radical (unpaired) electrons. The van der Waals surface area contributed by atoms with E-state index in [0.29, 0.717) is 22.8 Å². The molecule has 0 aliphatic carbocycles. The summed E-state index contributed by atoms with van der Waals surface area (Å²) in [6.07, 6.45) is 3.62. The molecule has 17 aromatic rings. The summed E-state index contributed by atoms with van der Waals surface area (Å²) in [6, 6.07) is 123. The summed E-state index contributed by atoms with van der Waals surface area (Å²) < 4.78 is 0. The van der Waals surface area contributed by atoms with E-state index in [1.807, 2.05) is 207 Å². The van der Waals surface area contributed by atoms with Gasteiger partial charge in [-0.05, 0) is 147 Å². The molecule has 0 atom stereocenters. The van der Waals surface area contributed by atoms with Gasteiger partial charge in [0.2, 0.25) is 5.78 Å². The molecule has 506 valence electrons. The second-order valence-corrected chi connectivity index (χ2v) is 24.2. The molecule has 0 fully saturated rings. The van der Waals surface area contributed by atoms with Crippen LogP contribution in [0, 0.1) is 57.2 Å². The van der Waals surface area contributed by atoms with Gasteiger partial charge >= 0.3 is 63.2 Å². The third-order valence-corrected chi connectivity index (χ3v) is 17.4. The van der Waals surface area contributed by atoms with E-state index in [-0.39, 0.29) is 69.0 Å². The average molecular weight is 1880 g/mol. The summed E-state index contributed by atoms with van der Waals surface area (Å²) >= 11 is 0. The quantitative estimate of drug-likeness (QED) is 0.0598. The maximum absolute atomic E-state index is 12.9. The fraction of sp³-hybridized carbons (Fsp3) is 0.0326. The number of hydrogen-bond acceptors (Lipinski definition) is 9. The smallest absolute Gasteiger partial charge is 0.346 e. The van der Waals surface area contributed by atoms with Gasteiger partial charge in [-0.3, -0.25) is 29.6 Å². The minimum absolute atomic E-state index is 0. The molecule has 12 heteroatoms. The Bertz CT molecular complexity index is 5450. The van der Waals surface area contributed by atoms with Crippen molar-refractivity contribution in [1.82, 2.24) is 29.9 Å². The minimum atomic E-state index is -0.208. The van der Waals surface area contributed by atoms with Crippen molar-refractivity contribution in [3.8, 4) is 67.5 Å². The second-order valence-electron chi connectivity index (χ2n) is 24.2. The topological polar surface area (TPSA) is 101 Å². The summed E-state index contributed by atoms with van der Waals surface area (Å²) in [6.45, 7) is 6.46. The summed E-state index contributed by atoms with van der Waals surface area (Å²) in [5, 5.41) is 7.39. The van der Waals surface area contributed by atoms with Crippen LogP contribution in [0.5, 0.6) is 0 Å². The molecule has 0 saturated heterocycles. The summed E-state index contributed by atoms with van der Waals surface area (Å²) in [5.74, 6) is 1.37. The van der Waals surface area contributed by atoms with Crippen molar-refractivity contribution in [3.63, 3.8) is 0 Å². The van der Waals surface area contributed by atoms with Gasteiger partial charge in [0.25, 0.3) is 0 Å². The Morgan fingerprint density at radius 3 is 1.13 bits per heavy atom. The van der Waals surface area contributed by atoms with E-state index in [4.69, 9.17) is 9.97 Å². The number of carbonyl (C=O) groups is 1. The van der Waals surface area contributed by atoms with Crippen molar-refractivity contribution in [2.45, 2.75) is 20.8 Å². The fourth-order valence-corrected chi connectivity index (χ4v) is 12.9. The van der Waals surface area contributed by atoms with Crippen LogP contribution in [-0.2, 0) is 63.2 Å². The third kappa shape index (κ3) is 16.0. The SMILES string of the molecule is Cc1cc(C)c(N(c2[c-]c(-c3ccccn3)ccc2)c2[c-]c(-c3ccccn3)ccc2)c(C)c1.O=C(c1cccc(-c2[c-]cccc2)n1)c1cccc(-c2[c-]cccc2)n1.[Pt+2].[Pt+2].[Pt+2].[c-]1ccccc1-c1cccc(N(c2cccc(-c3[c-]cccc3)n2)c2ccc3ccc4cccc5ccc2c3c45)n1. The molecule has 0 aliphatic rings. The van der Waals surface area contributed by atoms with Gasteiger partial charge in [-0.15, -0.1) is 203 Å². The van der Waals surface area contributed by atoms with Gasteiger partial charge in [0.1, 0.15) is 23.0 Å². The fourth-order valence-electron chi connectivity index (χ4n) is 12.9. The van der Waals surface area contributed by atoms with Crippen LogP contribution in [0.1, 0.15) is 32.9 Å². The number of pyridine rings is 6. The van der Waals surface area contributed by atoms with Crippen LogP contribution in [0.15, 0.2) is 322 Å². The monoisotopic (exact) mass is 1880 g/mol. The van der Waals surface area contributed by atoms with Crippen molar-refractivity contribution < 1.29 is 68.0 Å². The van der Waals surface area contributed by atoms with Gasteiger partial charge in [-0.1, -0.05) is 139 Å². The Balaban J connectivity index is 0.000000148. The van der Waals surface area contributed by atoms with Crippen LogP contribution in [0.25, 0.3) is 99.9 Å². The van der Waals surface area contributed by atoms with E-state index >= 15 is 0 Å². The molecule has 104 heavy (non-hydrogen) atoms. The van der Waals surface area contributed by atoms with Crippen LogP contribution in [0.3, 0.4) is 0 Å². The number of carbonyl (C=O) groups excluding carboxylic acids is 1. The first-order valence-corrected chi connectivity index (χ1v) is 33.3. The number of ketones is 1. The number of anilines is 6. The van der Waals surface area contributed by atoms with E-state index in [1.165, 1.54) is 43.6 Å². The van der Waals surface area contributed by atoms with E-state index < -0.39 is 0 Å². The zero-order chi connectivity index (χ0) is 68.4. The molecule has 0 unspecified atom stereocenters.